The average Bonchev–Trinajstić information content (AvgIpc) is 2.94. The minimum absolute atomic E-state index is 0. The Morgan fingerprint density at radius 1 is 1.31 bits per heavy atom. The number of carbonyl (C=O) groups excluding carboxylic acids is 1. The van der Waals surface area contributed by atoms with Gasteiger partial charge in [-0.3, -0.25) is 4.79 Å². The number of halogens is 1. The topological polar surface area (TPSA) is 105 Å². The molecule has 1 atom stereocenters. The van der Waals surface area contributed by atoms with Crippen molar-refractivity contribution in [2.45, 2.75) is 44.9 Å². The summed E-state index contributed by atoms with van der Waals surface area (Å²) in [6.07, 6.45) is 2.40. The summed E-state index contributed by atoms with van der Waals surface area (Å²) in [5.74, 6) is -0.127. The van der Waals surface area contributed by atoms with Crippen molar-refractivity contribution in [1.82, 2.24) is 20.1 Å². The molecule has 0 aliphatic carbocycles. The minimum Gasteiger partial charge on any atom is -0.360 e. The summed E-state index contributed by atoms with van der Waals surface area (Å²) < 4.78 is 32.1. The van der Waals surface area contributed by atoms with E-state index in [1.807, 2.05) is 0 Å². The highest BCUT2D eigenvalue weighted by molar-refractivity contribution is 7.89. The summed E-state index contributed by atoms with van der Waals surface area (Å²) in [6, 6.07) is 0. The van der Waals surface area contributed by atoms with Crippen LogP contribution < -0.4 is 10.6 Å². The lowest BCUT2D eigenvalue weighted by Crippen LogP contribution is -2.46. The Morgan fingerprint density at radius 2 is 2.04 bits per heavy atom. The van der Waals surface area contributed by atoms with E-state index >= 15 is 0 Å². The molecule has 2 heterocycles. The van der Waals surface area contributed by atoms with E-state index < -0.39 is 10.0 Å². The lowest BCUT2D eigenvalue weighted by atomic mass is 9.99. The van der Waals surface area contributed by atoms with Gasteiger partial charge in [0.25, 0.3) is 0 Å². The number of hydrogen-bond donors (Lipinski definition) is 2. The van der Waals surface area contributed by atoms with Crippen molar-refractivity contribution in [3.05, 3.63) is 11.5 Å². The number of piperidine rings is 1. The van der Waals surface area contributed by atoms with Gasteiger partial charge in [0.05, 0.1) is 5.92 Å². The summed E-state index contributed by atoms with van der Waals surface area (Å²) in [7, 11) is -3.69. The van der Waals surface area contributed by atoms with Crippen molar-refractivity contribution in [3.63, 3.8) is 0 Å². The predicted octanol–water partition coefficient (Wildman–Crippen LogP) is 1.23. The second-order valence-corrected chi connectivity index (χ2v) is 8.27. The van der Waals surface area contributed by atoms with Crippen LogP contribution in [0.25, 0.3) is 0 Å². The Hall–Kier alpha value is -1.16. The van der Waals surface area contributed by atoms with Crippen LogP contribution in [0.5, 0.6) is 0 Å². The third-order valence-electron chi connectivity index (χ3n) is 4.35. The number of hydrogen-bond acceptors (Lipinski definition) is 6. The molecule has 2 N–H and O–H groups in total. The normalized spacial score (nSPS) is 18.3. The van der Waals surface area contributed by atoms with E-state index in [2.05, 4.69) is 22.7 Å². The molecule has 0 spiro atoms. The van der Waals surface area contributed by atoms with Crippen LogP contribution in [0.15, 0.2) is 9.42 Å². The monoisotopic (exact) mass is 408 g/mol. The summed E-state index contributed by atoms with van der Waals surface area (Å²) in [6.45, 7) is 8.07. The fourth-order valence-electron chi connectivity index (χ4n) is 3.07. The first-order chi connectivity index (χ1) is 11.9. The van der Waals surface area contributed by atoms with Crippen LogP contribution in [0.2, 0.25) is 0 Å². The Kier molecular flexibility index (Phi) is 9.02. The van der Waals surface area contributed by atoms with Crippen LogP contribution in [0.3, 0.4) is 0 Å². The summed E-state index contributed by atoms with van der Waals surface area (Å²) in [5, 5.41) is 9.84. The van der Waals surface area contributed by atoms with Crippen LogP contribution in [0, 0.1) is 19.8 Å². The molecule has 8 nitrogen and oxygen atoms in total. The van der Waals surface area contributed by atoms with Crippen molar-refractivity contribution in [3.8, 4) is 0 Å². The van der Waals surface area contributed by atoms with Gasteiger partial charge in [0.1, 0.15) is 10.6 Å². The van der Waals surface area contributed by atoms with Gasteiger partial charge in [-0.25, -0.2) is 8.42 Å². The molecule has 1 fully saturated rings. The van der Waals surface area contributed by atoms with Gasteiger partial charge >= 0.3 is 0 Å². The molecule has 150 valence electrons. The predicted molar refractivity (Wildman–Crippen MR) is 101 cm³/mol. The maximum absolute atomic E-state index is 12.9. The lowest BCUT2D eigenvalue weighted by molar-refractivity contribution is -0.126. The van der Waals surface area contributed by atoms with Crippen LogP contribution in [0.4, 0.5) is 0 Å². The summed E-state index contributed by atoms with van der Waals surface area (Å²) in [5.41, 5.74) is 0.353. The zero-order chi connectivity index (χ0) is 18.4. The third kappa shape index (κ3) is 5.42. The molecule has 1 aromatic heterocycles. The molecular weight excluding hydrogens is 380 g/mol. The molecule has 10 heteroatoms. The highest BCUT2D eigenvalue weighted by Gasteiger charge is 2.36. The average molecular weight is 409 g/mol. The Bertz CT molecular complexity index is 673. The number of nitrogens with zero attached hydrogens (tertiary/aromatic N) is 2. The Balaban J connectivity index is 0.00000338. The van der Waals surface area contributed by atoms with Crippen LogP contribution in [-0.4, -0.2) is 56.5 Å². The first kappa shape index (κ1) is 22.9. The zero-order valence-electron chi connectivity index (χ0n) is 15.6. The van der Waals surface area contributed by atoms with E-state index in [0.717, 1.165) is 13.0 Å². The molecule has 2 rings (SSSR count). The lowest BCUT2D eigenvalue weighted by Gasteiger charge is -2.31. The Morgan fingerprint density at radius 3 is 2.65 bits per heavy atom. The maximum Gasteiger partial charge on any atom is 0.248 e. The third-order valence-corrected chi connectivity index (χ3v) is 6.46. The fraction of sp³-hybridized carbons (Fsp3) is 0.750. The quantitative estimate of drug-likeness (QED) is 0.627. The smallest absolute Gasteiger partial charge is 0.248 e. The van der Waals surface area contributed by atoms with Gasteiger partial charge in [-0.15, -0.1) is 12.4 Å². The van der Waals surface area contributed by atoms with E-state index in [-0.39, 0.29) is 41.4 Å². The first-order valence-electron chi connectivity index (χ1n) is 8.79. The molecule has 0 bridgehead atoms. The molecule has 1 amide bonds. The molecule has 1 unspecified atom stereocenters. The number of sulfonamides is 1. The number of amides is 1. The van der Waals surface area contributed by atoms with Gasteiger partial charge in [0, 0.05) is 26.2 Å². The van der Waals surface area contributed by atoms with E-state index in [9.17, 15) is 13.2 Å². The van der Waals surface area contributed by atoms with Crippen molar-refractivity contribution < 1.29 is 17.7 Å². The highest BCUT2D eigenvalue weighted by Crippen LogP contribution is 2.27. The molecular formula is C16H29ClN4O4S. The SMILES string of the molecule is CCCNCCNC(=O)C1CCCN(S(=O)(=O)c2c(C)noc2C)C1.Cl. The van der Waals surface area contributed by atoms with E-state index in [0.29, 0.717) is 38.2 Å². The van der Waals surface area contributed by atoms with E-state index in [4.69, 9.17) is 4.52 Å². The zero-order valence-corrected chi connectivity index (χ0v) is 17.2. The van der Waals surface area contributed by atoms with E-state index in [1.165, 1.54) is 4.31 Å². The molecule has 26 heavy (non-hydrogen) atoms. The number of aryl methyl sites for hydroxylation is 2. The summed E-state index contributed by atoms with van der Waals surface area (Å²) >= 11 is 0. The number of rotatable bonds is 8. The van der Waals surface area contributed by atoms with Crippen LogP contribution >= 0.6 is 12.4 Å². The van der Waals surface area contributed by atoms with Gasteiger partial charge in [-0.1, -0.05) is 12.1 Å². The maximum atomic E-state index is 12.9. The van der Waals surface area contributed by atoms with Gasteiger partial charge in [0.2, 0.25) is 15.9 Å². The Labute approximate surface area is 161 Å². The molecule has 1 aromatic rings. The highest BCUT2D eigenvalue weighted by atomic mass is 35.5. The van der Waals surface area contributed by atoms with Crippen molar-refractivity contribution in [2.75, 3.05) is 32.7 Å². The molecule has 1 aliphatic heterocycles. The largest absolute Gasteiger partial charge is 0.360 e. The van der Waals surface area contributed by atoms with Crippen molar-refractivity contribution in [1.29, 1.82) is 0 Å². The molecule has 1 aliphatic rings. The van der Waals surface area contributed by atoms with Gasteiger partial charge in [-0.05, 0) is 39.7 Å². The first-order valence-corrected chi connectivity index (χ1v) is 10.2. The second kappa shape index (κ2) is 10.2. The fourth-order valence-corrected chi connectivity index (χ4v) is 4.88. The van der Waals surface area contributed by atoms with Crippen molar-refractivity contribution >= 4 is 28.3 Å². The van der Waals surface area contributed by atoms with Crippen molar-refractivity contribution in [2.24, 2.45) is 5.92 Å². The summed E-state index contributed by atoms with van der Waals surface area (Å²) in [4.78, 5) is 12.5. The second-order valence-electron chi connectivity index (χ2n) is 6.40. The number of aromatic nitrogens is 1. The number of carbonyl (C=O) groups is 1. The van der Waals surface area contributed by atoms with Crippen LogP contribution in [-0.2, 0) is 14.8 Å². The minimum atomic E-state index is -3.69. The standard InChI is InChI=1S/C16H28N4O4S.ClH/c1-4-7-17-8-9-18-16(21)14-6-5-10-20(11-14)25(22,23)15-12(2)19-24-13(15)3;/h14,17H,4-11H2,1-3H3,(H,18,21);1H. The molecule has 0 aromatic carbocycles. The molecule has 0 saturated carbocycles. The van der Waals surface area contributed by atoms with Crippen LogP contribution in [0.1, 0.15) is 37.6 Å². The molecule has 1 saturated heterocycles. The van der Waals surface area contributed by atoms with Gasteiger partial charge in [0.15, 0.2) is 5.76 Å². The van der Waals surface area contributed by atoms with E-state index in [1.54, 1.807) is 13.8 Å². The molecule has 0 radical (unpaired) electrons. The van der Waals surface area contributed by atoms with Gasteiger partial charge in [-0.2, -0.15) is 4.31 Å². The number of nitrogens with one attached hydrogen (secondary N) is 2. The van der Waals surface area contributed by atoms with Gasteiger partial charge < -0.3 is 15.2 Å².